The van der Waals surface area contributed by atoms with Crippen LogP contribution in [0.2, 0.25) is 0 Å². The van der Waals surface area contributed by atoms with Crippen LogP contribution in [0.5, 0.6) is 0 Å². The van der Waals surface area contributed by atoms with E-state index in [0.717, 1.165) is 0 Å². The number of hydrogen-bond acceptors (Lipinski definition) is 20. The molecule has 25 nitrogen and oxygen atoms in total. The fourth-order valence-corrected chi connectivity index (χ4v) is 1.50. The van der Waals surface area contributed by atoms with E-state index in [0.29, 0.717) is 0 Å². The number of ether oxygens (including phenoxy) is 5. The molecule has 37 heavy (non-hydrogen) atoms. The van der Waals surface area contributed by atoms with Gasteiger partial charge in [0.25, 0.3) is 12.3 Å². The zero-order valence-electron chi connectivity index (χ0n) is 16.7. The molecular formula is C10H5AlMgO25. The summed E-state index contributed by atoms with van der Waals surface area (Å²) >= 11 is -4.30. The Morgan fingerprint density at radius 3 is 0.730 bits per heavy atom. The van der Waals surface area contributed by atoms with Crippen molar-refractivity contribution in [1.82, 2.24) is 0 Å². The molecule has 0 aromatic rings. The summed E-state index contributed by atoms with van der Waals surface area (Å²) in [5.74, 6) is 0. The van der Waals surface area contributed by atoms with E-state index < -0.39 is 76.7 Å². The van der Waals surface area contributed by atoms with Gasteiger partial charge in [-0.15, -0.1) is 0 Å². The minimum atomic E-state index is -4.30. The molecular weight excluding hydrogens is 571 g/mol. The molecule has 0 spiro atoms. The van der Waals surface area contributed by atoms with E-state index in [1.807, 2.05) is 0 Å². The van der Waals surface area contributed by atoms with E-state index in [1.54, 1.807) is 0 Å². The minimum absolute atomic E-state index is 0. The van der Waals surface area contributed by atoms with Gasteiger partial charge in [-0.05, 0) is 0 Å². The van der Waals surface area contributed by atoms with Gasteiger partial charge in [-0.25, -0.2) is 38.4 Å². The molecule has 27 heteroatoms. The second-order valence-electron chi connectivity index (χ2n) is 3.73. The number of rotatable bonds is 3. The maximum atomic E-state index is 10.8. The summed E-state index contributed by atoms with van der Waals surface area (Å²) in [7, 11) is 0. The molecule has 0 atom stereocenters. The summed E-state index contributed by atoms with van der Waals surface area (Å²) in [6.07, 6.45) is -20.3. The van der Waals surface area contributed by atoms with Gasteiger partial charge in [0, 0.05) is 0 Å². The summed E-state index contributed by atoms with van der Waals surface area (Å²) in [5.41, 5.74) is 0. The molecule has 0 aromatic carbocycles. The number of carbonyl (C=O) groups is 10. The third-order valence-electron chi connectivity index (χ3n) is 1.43. The Morgan fingerprint density at radius 2 is 0.622 bits per heavy atom. The molecule has 0 rings (SSSR count). The van der Waals surface area contributed by atoms with Gasteiger partial charge in [0.1, 0.15) is 0 Å². The fraction of sp³-hybridized carbons (Fsp3) is 0. The van der Waals surface area contributed by atoms with Gasteiger partial charge in [0.05, 0.1) is 0 Å². The smallest absolute Gasteiger partial charge is 0.518 e. The van der Waals surface area contributed by atoms with E-state index in [9.17, 15) is 28.8 Å². The summed E-state index contributed by atoms with van der Waals surface area (Å²) in [6, 6.07) is 0. The zero-order valence-corrected chi connectivity index (χ0v) is 19.3. The summed E-state index contributed by atoms with van der Waals surface area (Å²) < 4.78 is 27.9. The molecule has 5 N–H and O–H groups in total. The molecule has 200 valence electrons. The monoisotopic (exact) mass is 576 g/mol. The standard InChI is InChI=1S/5C2H2O5.Al.Mg/c5*3-1(4)7-2(5)6;;/h5*(H,3,4)(H,5,6);;/q;;;;;+3;+2/p-5. The van der Waals surface area contributed by atoms with Crippen LogP contribution < -0.4 is 10.2 Å². The number of carboxylic acid groups (broad SMARTS) is 7. The van der Waals surface area contributed by atoms with Crippen molar-refractivity contribution in [3.8, 4) is 0 Å². The Labute approximate surface area is 218 Å². The summed E-state index contributed by atoms with van der Waals surface area (Å²) in [6.45, 7) is 0. The molecule has 0 heterocycles. The van der Waals surface area contributed by atoms with Crippen LogP contribution in [0.25, 0.3) is 0 Å². The second kappa shape index (κ2) is 21.5. The third-order valence-corrected chi connectivity index (χ3v) is 2.59. The molecule has 0 aliphatic heterocycles. The summed E-state index contributed by atoms with van der Waals surface area (Å²) in [4.78, 5) is 98.9. The Hall–Kier alpha value is -5.00. The molecule has 0 aromatic heterocycles. The van der Waals surface area contributed by atoms with Crippen molar-refractivity contribution >= 4 is 99.8 Å². The molecule has 0 aliphatic carbocycles. The van der Waals surface area contributed by atoms with Crippen molar-refractivity contribution in [1.29, 1.82) is 0 Å². The third kappa shape index (κ3) is 35.8. The number of hydrogen-bond donors (Lipinski definition) is 5. The molecule has 0 unspecified atom stereocenters. The van der Waals surface area contributed by atoms with Crippen molar-refractivity contribution in [3.63, 3.8) is 0 Å². The van der Waals surface area contributed by atoms with Gasteiger partial charge in [-0.2, -0.15) is 0 Å². The van der Waals surface area contributed by atoms with Crippen molar-refractivity contribution in [2.24, 2.45) is 0 Å². The quantitative estimate of drug-likeness (QED) is 0.106. The predicted molar refractivity (Wildman–Crippen MR) is 87.3 cm³/mol. The SMILES string of the molecule is O=C(O)OC(=O)[O][Al]([O]C(=O)OC(=O)O)[O]C(=O)OC(=O)O.O=C([O-])OC(=O)O.O=C([O-])OC(=O)O.[Mg+2]. The molecule has 0 saturated carbocycles. The van der Waals surface area contributed by atoms with E-state index in [-0.39, 0.29) is 23.1 Å². The van der Waals surface area contributed by atoms with Crippen molar-refractivity contribution < 1.29 is 119 Å². The first-order chi connectivity index (χ1) is 16.3. The molecule has 0 radical (unpaired) electrons. The van der Waals surface area contributed by atoms with E-state index in [1.165, 1.54) is 0 Å². The van der Waals surface area contributed by atoms with Crippen LogP contribution in [0.4, 0.5) is 47.9 Å². The Kier molecular flexibility index (Phi) is 22.8. The Morgan fingerprint density at radius 1 is 0.432 bits per heavy atom. The first-order valence-electron chi connectivity index (χ1n) is 6.93. The fourth-order valence-electron chi connectivity index (χ4n) is 0.736. The van der Waals surface area contributed by atoms with Crippen molar-refractivity contribution in [2.75, 3.05) is 0 Å². The molecule has 0 aliphatic rings. The molecule has 0 fully saturated rings. The maximum absolute atomic E-state index is 10.8. The van der Waals surface area contributed by atoms with Crippen LogP contribution >= 0.6 is 0 Å². The van der Waals surface area contributed by atoms with Crippen molar-refractivity contribution in [3.05, 3.63) is 0 Å². The number of carbonyl (C=O) groups excluding carboxylic acids is 5. The minimum Gasteiger partial charge on any atom is -0.518 e. The van der Waals surface area contributed by atoms with Gasteiger partial charge in [-0.3, -0.25) is 0 Å². The molecule has 0 bridgehead atoms. The van der Waals surface area contributed by atoms with Gasteiger partial charge >= 0.3 is 87.4 Å². The van der Waals surface area contributed by atoms with Crippen LogP contribution in [-0.4, -0.2) is 125 Å². The molecule has 0 amide bonds. The van der Waals surface area contributed by atoms with Crippen LogP contribution in [0.3, 0.4) is 0 Å². The van der Waals surface area contributed by atoms with E-state index in [2.05, 4.69) is 35.0 Å². The van der Waals surface area contributed by atoms with Gasteiger partial charge in [0.2, 0.25) is 0 Å². The first-order valence-corrected chi connectivity index (χ1v) is 8.34. The van der Waals surface area contributed by atoms with Crippen LogP contribution in [0.1, 0.15) is 0 Å². The topological polar surface area (TPSA) is 392 Å². The first kappa shape index (κ1) is 39.2. The van der Waals surface area contributed by atoms with Crippen LogP contribution in [0, 0.1) is 0 Å². The Bertz CT molecular complexity index is 755. The van der Waals surface area contributed by atoms with Gasteiger partial charge < -0.3 is 80.4 Å². The maximum Gasteiger partial charge on any atom is 2.00 e. The average Bonchev–Trinajstić information content (AvgIpc) is 2.57. The Balaban J connectivity index is -0.000000297. The average molecular weight is 576 g/mol. The van der Waals surface area contributed by atoms with Gasteiger partial charge in [-0.1, -0.05) is 0 Å². The molecule has 0 saturated heterocycles. The van der Waals surface area contributed by atoms with Gasteiger partial charge in [0.15, 0.2) is 0 Å². The zero-order chi connectivity index (χ0) is 29.0. The largest absolute Gasteiger partial charge is 2.00 e. The second-order valence-corrected chi connectivity index (χ2v) is 5.02. The van der Waals surface area contributed by atoms with Crippen LogP contribution in [-0.2, 0) is 35.0 Å². The predicted octanol–water partition coefficient (Wildman–Crippen LogP) is -1.87. The van der Waals surface area contributed by atoms with E-state index in [4.69, 9.17) is 54.9 Å². The van der Waals surface area contributed by atoms with Crippen molar-refractivity contribution in [2.45, 2.75) is 0 Å². The normalized spacial score (nSPS) is 8.00. The van der Waals surface area contributed by atoms with Crippen LogP contribution in [0.15, 0.2) is 0 Å². The summed E-state index contributed by atoms with van der Waals surface area (Å²) in [5, 5.41) is 57.3. The van der Waals surface area contributed by atoms with E-state index >= 15 is 0 Å².